The van der Waals surface area contributed by atoms with E-state index in [0.717, 1.165) is 11.6 Å². The summed E-state index contributed by atoms with van der Waals surface area (Å²) in [6, 6.07) is 9.03. The van der Waals surface area contributed by atoms with Crippen molar-refractivity contribution >= 4 is 5.69 Å². The molecule has 1 nitrogen and oxygen atoms in total. The smallest absolute Gasteiger partial charge is 0.0394 e. The van der Waals surface area contributed by atoms with Gasteiger partial charge in [-0.3, -0.25) is 0 Å². The maximum absolute atomic E-state index is 5.49. The molecular formula is C9H10N. The van der Waals surface area contributed by atoms with Gasteiger partial charge in [0.1, 0.15) is 0 Å². The first-order valence-corrected chi connectivity index (χ1v) is 3.63. The Balaban J connectivity index is 2.28. The van der Waals surface area contributed by atoms with Crippen LogP contribution >= 0.6 is 0 Å². The van der Waals surface area contributed by atoms with E-state index in [0.29, 0.717) is 0 Å². The zero-order valence-corrected chi connectivity index (χ0v) is 5.80. The van der Waals surface area contributed by atoms with Gasteiger partial charge in [-0.05, 0) is 36.5 Å². The molecule has 10 heavy (non-hydrogen) atoms. The highest BCUT2D eigenvalue weighted by molar-refractivity contribution is 5.39. The Bertz CT molecular complexity index is 221. The SMILES string of the molecule is Nc1[c]cc(C2CC2)cc1. The molecule has 1 radical (unpaired) electrons. The molecule has 2 rings (SSSR count). The van der Waals surface area contributed by atoms with Crippen molar-refractivity contribution < 1.29 is 0 Å². The number of nitrogens with two attached hydrogens (primary N) is 1. The van der Waals surface area contributed by atoms with Crippen LogP contribution in [0, 0.1) is 6.07 Å². The molecule has 1 aliphatic carbocycles. The van der Waals surface area contributed by atoms with E-state index in [-0.39, 0.29) is 0 Å². The fourth-order valence-corrected chi connectivity index (χ4v) is 1.12. The third-order valence-corrected chi connectivity index (χ3v) is 1.91. The van der Waals surface area contributed by atoms with Gasteiger partial charge >= 0.3 is 0 Å². The van der Waals surface area contributed by atoms with Crippen molar-refractivity contribution in [3.05, 3.63) is 29.8 Å². The normalized spacial score (nSPS) is 17.2. The second-order valence-electron chi connectivity index (χ2n) is 2.85. The molecule has 1 heteroatoms. The molecule has 0 bridgehead atoms. The van der Waals surface area contributed by atoms with Crippen LogP contribution in [0.4, 0.5) is 5.69 Å². The first kappa shape index (κ1) is 5.78. The minimum Gasteiger partial charge on any atom is -0.398 e. The van der Waals surface area contributed by atoms with E-state index in [1.165, 1.54) is 18.4 Å². The Morgan fingerprint density at radius 1 is 1.40 bits per heavy atom. The van der Waals surface area contributed by atoms with E-state index < -0.39 is 0 Å². The molecule has 0 saturated heterocycles. The number of anilines is 1. The second kappa shape index (κ2) is 2.01. The van der Waals surface area contributed by atoms with Gasteiger partial charge in [-0.25, -0.2) is 0 Å². The van der Waals surface area contributed by atoms with E-state index >= 15 is 0 Å². The van der Waals surface area contributed by atoms with E-state index in [9.17, 15) is 0 Å². The predicted molar refractivity (Wildman–Crippen MR) is 41.7 cm³/mol. The summed E-state index contributed by atoms with van der Waals surface area (Å²) in [5, 5.41) is 0. The largest absolute Gasteiger partial charge is 0.398 e. The summed E-state index contributed by atoms with van der Waals surface area (Å²) in [6.45, 7) is 0. The van der Waals surface area contributed by atoms with Crippen molar-refractivity contribution in [2.75, 3.05) is 5.73 Å². The van der Waals surface area contributed by atoms with Gasteiger partial charge in [0, 0.05) is 11.8 Å². The molecule has 0 aliphatic heterocycles. The Hall–Kier alpha value is -0.980. The summed E-state index contributed by atoms with van der Waals surface area (Å²) in [5.74, 6) is 0.817. The maximum atomic E-state index is 5.49. The number of nitrogen functional groups attached to an aromatic ring is 1. The van der Waals surface area contributed by atoms with Crippen LogP contribution < -0.4 is 5.73 Å². The molecule has 0 unspecified atom stereocenters. The average Bonchev–Trinajstić information content (AvgIpc) is 2.71. The molecular weight excluding hydrogens is 122 g/mol. The van der Waals surface area contributed by atoms with Crippen molar-refractivity contribution in [2.45, 2.75) is 18.8 Å². The van der Waals surface area contributed by atoms with Crippen LogP contribution in [0.1, 0.15) is 24.3 Å². The van der Waals surface area contributed by atoms with Crippen LogP contribution in [0.15, 0.2) is 18.2 Å². The maximum Gasteiger partial charge on any atom is 0.0394 e. The predicted octanol–water partition coefficient (Wildman–Crippen LogP) is 1.95. The van der Waals surface area contributed by atoms with Crippen molar-refractivity contribution in [3.63, 3.8) is 0 Å². The van der Waals surface area contributed by atoms with Crippen molar-refractivity contribution in [1.29, 1.82) is 0 Å². The van der Waals surface area contributed by atoms with Gasteiger partial charge in [0.2, 0.25) is 0 Å². The monoisotopic (exact) mass is 132 g/mol. The Morgan fingerprint density at radius 3 is 2.70 bits per heavy atom. The van der Waals surface area contributed by atoms with E-state index in [1.54, 1.807) is 0 Å². The molecule has 1 fully saturated rings. The number of benzene rings is 1. The lowest BCUT2D eigenvalue weighted by Gasteiger charge is -1.95. The van der Waals surface area contributed by atoms with Gasteiger partial charge in [-0.2, -0.15) is 0 Å². The van der Waals surface area contributed by atoms with Crippen molar-refractivity contribution in [3.8, 4) is 0 Å². The molecule has 51 valence electrons. The van der Waals surface area contributed by atoms with Crippen LogP contribution in [0.3, 0.4) is 0 Å². The zero-order valence-electron chi connectivity index (χ0n) is 5.80. The Kier molecular flexibility index (Phi) is 1.16. The molecule has 1 saturated carbocycles. The molecule has 1 aromatic rings. The quantitative estimate of drug-likeness (QED) is 0.581. The summed E-state index contributed by atoms with van der Waals surface area (Å²) in [5.41, 5.74) is 7.63. The van der Waals surface area contributed by atoms with Crippen LogP contribution in [-0.2, 0) is 0 Å². The van der Waals surface area contributed by atoms with Gasteiger partial charge in [-0.15, -0.1) is 0 Å². The van der Waals surface area contributed by atoms with Gasteiger partial charge in [0.05, 0.1) is 0 Å². The number of hydrogen-bond acceptors (Lipinski definition) is 1. The van der Waals surface area contributed by atoms with Crippen LogP contribution in [-0.4, -0.2) is 0 Å². The van der Waals surface area contributed by atoms with Crippen molar-refractivity contribution in [2.24, 2.45) is 0 Å². The minimum atomic E-state index is 0.740. The lowest BCUT2D eigenvalue weighted by molar-refractivity contribution is 1.13. The van der Waals surface area contributed by atoms with Crippen LogP contribution in [0.2, 0.25) is 0 Å². The Morgan fingerprint density at radius 2 is 2.20 bits per heavy atom. The molecule has 0 heterocycles. The van der Waals surface area contributed by atoms with E-state index in [1.807, 2.05) is 12.1 Å². The van der Waals surface area contributed by atoms with Crippen LogP contribution in [0.25, 0.3) is 0 Å². The molecule has 0 spiro atoms. The summed E-state index contributed by atoms with van der Waals surface area (Å²) in [6.07, 6.45) is 2.69. The Labute approximate surface area is 60.9 Å². The molecule has 0 aromatic heterocycles. The molecule has 2 N–H and O–H groups in total. The molecule has 0 amide bonds. The second-order valence-corrected chi connectivity index (χ2v) is 2.85. The van der Waals surface area contributed by atoms with E-state index in [2.05, 4.69) is 12.1 Å². The summed E-state index contributed by atoms with van der Waals surface area (Å²) in [4.78, 5) is 0. The molecule has 1 aliphatic rings. The topological polar surface area (TPSA) is 26.0 Å². The summed E-state index contributed by atoms with van der Waals surface area (Å²) in [7, 11) is 0. The van der Waals surface area contributed by atoms with Gasteiger partial charge in [0.25, 0.3) is 0 Å². The van der Waals surface area contributed by atoms with Crippen LogP contribution in [0.5, 0.6) is 0 Å². The standard InChI is InChI=1S/C9H10N/c10-9-5-3-8(4-6-9)7-1-2-7/h3-5,7H,1-2,10H2. The molecule has 1 aromatic carbocycles. The van der Waals surface area contributed by atoms with E-state index in [4.69, 9.17) is 5.73 Å². The van der Waals surface area contributed by atoms with Gasteiger partial charge < -0.3 is 5.73 Å². The van der Waals surface area contributed by atoms with Gasteiger partial charge in [0.15, 0.2) is 0 Å². The summed E-state index contributed by atoms with van der Waals surface area (Å²) < 4.78 is 0. The summed E-state index contributed by atoms with van der Waals surface area (Å²) >= 11 is 0. The third kappa shape index (κ3) is 0.991. The lowest BCUT2D eigenvalue weighted by Crippen LogP contribution is -1.84. The van der Waals surface area contributed by atoms with Crippen molar-refractivity contribution in [1.82, 2.24) is 0 Å². The highest BCUT2D eigenvalue weighted by atomic mass is 14.5. The minimum absolute atomic E-state index is 0.740. The zero-order chi connectivity index (χ0) is 6.97. The molecule has 0 atom stereocenters. The lowest BCUT2D eigenvalue weighted by atomic mass is 10.1. The highest BCUT2D eigenvalue weighted by Gasteiger charge is 2.22. The first-order valence-electron chi connectivity index (χ1n) is 3.63. The van der Waals surface area contributed by atoms with Gasteiger partial charge in [-0.1, -0.05) is 6.07 Å². The average molecular weight is 132 g/mol. The number of rotatable bonds is 1. The fourth-order valence-electron chi connectivity index (χ4n) is 1.12. The number of hydrogen-bond donors (Lipinski definition) is 1. The first-order chi connectivity index (χ1) is 4.86. The third-order valence-electron chi connectivity index (χ3n) is 1.91. The highest BCUT2D eigenvalue weighted by Crippen LogP contribution is 2.39. The fraction of sp³-hybridized carbons (Fsp3) is 0.333.